The number of carbonyl (C=O) groups is 1. The van der Waals surface area contributed by atoms with Crippen molar-refractivity contribution in [2.75, 3.05) is 7.11 Å². The van der Waals surface area contributed by atoms with Crippen LogP contribution in [0, 0.1) is 0 Å². The van der Waals surface area contributed by atoms with Gasteiger partial charge in [-0.25, -0.2) is 0 Å². The zero-order chi connectivity index (χ0) is 14.6. The van der Waals surface area contributed by atoms with Crippen LogP contribution < -0.4 is 4.74 Å². The Morgan fingerprint density at radius 3 is 2.48 bits per heavy atom. The molecule has 1 N–H and O–H groups in total. The standard InChI is InChI=1S/C18H12O3/c1-21-11-6-7-12-10(8-11)9-15(19)17-16(12)13-4-2-3-5-14(13)18(17)20/h2-9,19H,1H3. The van der Waals surface area contributed by atoms with Crippen LogP contribution in [0.5, 0.6) is 11.5 Å². The van der Waals surface area contributed by atoms with Gasteiger partial charge in [-0.15, -0.1) is 0 Å². The van der Waals surface area contributed by atoms with Crippen LogP contribution >= 0.6 is 0 Å². The molecule has 0 radical (unpaired) electrons. The molecule has 0 amide bonds. The number of rotatable bonds is 1. The summed E-state index contributed by atoms with van der Waals surface area (Å²) in [5.41, 5.74) is 2.73. The first-order valence-electron chi connectivity index (χ1n) is 6.68. The number of ketones is 1. The van der Waals surface area contributed by atoms with Gasteiger partial charge in [-0.3, -0.25) is 4.79 Å². The van der Waals surface area contributed by atoms with E-state index in [0.717, 1.165) is 27.6 Å². The summed E-state index contributed by atoms with van der Waals surface area (Å²) in [6.07, 6.45) is 0. The van der Waals surface area contributed by atoms with Gasteiger partial charge in [-0.2, -0.15) is 0 Å². The van der Waals surface area contributed by atoms with E-state index in [1.807, 2.05) is 36.4 Å². The first-order chi connectivity index (χ1) is 10.2. The number of phenolic OH excluding ortho intramolecular Hbond substituents is 1. The number of methoxy groups -OCH3 is 1. The molecule has 4 rings (SSSR count). The molecular formula is C18H12O3. The van der Waals surface area contributed by atoms with E-state index in [9.17, 15) is 9.90 Å². The van der Waals surface area contributed by atoms with E-state index >= 15 is 0 Å². The molecule has 0 spiro atoms. The van der Waals surface area contributed by atoms with Crippen molar-refractivity contribution in [2.24, 2.45) is 0 Å². The van der Waals surface area contributed by atoms with Crippen LogP contribution in [0.4, 0.5) is 0 Å². The summed E-state index contributed by atoms with van der Waals surface area (Å²) in [4.78, 5) is 12.5. The van der Waals surface area contributed by atoms with Crippen LogP contribution in [0.2, 0.25) is 0 Å². The fourth-order valence-corrected chi connectivity index (χ4v) is 3.04. The lowest BCUT2D eigenvalue weighted by molar-refractivity contribution is 0.104. The minimum absolute atomic E-state index is 0.0203. The molecule has 1 aliphatic rings. The largest absolute Gasteiger partial charge is 0.507 e. The van der Waals surface area contributed by atoms with Crippen molar-refractivity contribution in [3.8, 4) is 22.6 Å². The maximum Gasteiger partial charge on any atom is 0.198 e. The number of fused-ring (bicyclic) bond motifs is 5. The van der Waals surface area contributed by atoms with Gasteiger partial charge < -0.3 is 9.84 Å². The van der Waals surface area contributed by atoms with E-state index < -0.39 is 0 Å². The highest BCUT2D eigenvalue weighted by Gasteiger charge is 2.31. The number of carbonyl (C=O) groups excluding carboxylic acids is 1. The second-order valence-electron chi connectivity index (χ2n) is 5.11. The molecule has 3 aromatic rings. The Bertz CT molecular complexity index is 910. The highest BCUT2D eigenvalue weighted by molar-refractivity contribution is 6.27. The average molecular weight is 276 g/mol. The van der Waals surface area contributed by atoms with E-state index in [2.05, 4.69) is 0 Å². The lowest BCUT2D eigenvalue weighted by Gasteiger charge is -2.09. The quantitative estimate of drug-likeness (QED) is 0.575. The van der Waals surface area contributed by atoms with Crippen LogP contribution in [0.25, 0.3) is 21.9 Å². The minimum Gasteiger partial charge on any atom is -0.507 e. The Labute approximate surface area is 121 Å². The Balaban J connectivity index is 2.16. The normalized spacial score (nSPS) is 12.3. The molecule has 0 bridgehead atoms. The molecule has 0 unspecified atom stereocenters. The Morgan fingerprint density at radius 1 is 0.952 bits per heavy atom. The Kier molecular flexibility index (Phi) is 2.33. The predicted molar refractivity (Wildman–Crippen MR) is 81.0 cm³/mol. The van der Waals surface area contributed by atoms with Gasteiger partial charge >= 0.3 is 0 Å². The molecule has 0 atom stereocenters. The van der Waals surface area contributed by atoms with Gasteiger partial charge in [-0.05, 0) is 34.5 Å². The summed E-state index contributed by atoms with van der Waals surface area (Å²) in [5.74, 6) is 0.627. The van der Waals surface area contributed by atoms with E-state index in [1.165, 1.54) is 0 Å². The number of ether oxygens (including phenoxy) is 1. The van der Waals surface area contributed by atoms with Gasteiger partial charge in [0.2, 0.25) is 0 Å². The van der Waals surface area contributed by atoms with Gasteiger partial charge in [0.15, 0.2) is 5.78 Å². The number of phenols is 1. The monoisotopic (exact) mass is 276 g/mol. The minimum atomic E-state index is -0.115. The maximum absolute atomic E-state index is 12.5. The zero-order valence-corrected chi connectivity index (χ0v) is 11.4. The fourth-order valence-electron chi connectivity index (χ4n) is 3.04. The van der Waals surface area contributed by atoms with Crippen LogP contribution in [0.15, 0.2) is 48.5 Å². The third-order valence-corrected chi connectivity index (χ3v) is 3.99. The van der Waals surface area contributed by atoms with E-state index in [-0.39, 0.29) is 11.5 Å². The molecule has 0 aliphatic heterocycles. The maximum atomic E-state index is 12.5. The summed E-state index contributed by atoms with van der Waals surface area (Å²) < 4.78 is 5.22. The molecule has 3 nitrogen and oxygen atoms in total. The van der Waals surface area contributed by atoms with Crippen molar-refractivity contribution in [1.29, 1.82) is 0 Å². The van der Waals surface area contributed by atoms with Crippen molar-refractivity contribution in [3.63, 3.8) is 0 Å². The van der Waals surface area contributed by atoms with Crippen LogP contribution in [0.1, 0.15) is 15.9 Å². The molecule has 3 aromatic carbocycles. The van der Waals surface area contributed by atoms with E-state index in [1.54, 1.807) is 19.2 Å². The zero-order valence-electron chi connectivity index (χ0n) is 11.4. The topological polar surface area (TPSA) is 46.5 Å². The summed E-state index contributed by atoms with van der Waals surface area (Å²) in [6.45, 7) is 0. The predicted octanol–water partition coefficient (Wildman–Crippen LogP) is 3.77. The van der Waals surface area contributed by atoms with Gasteiger partial charge in [0.25, 0.3) is 0 Å². The summed E-state index contributed by atoms with van der Waals surface area (Å²) in [5, 5.41) is 12.1. The van der Waals surface area contributed by atoms with Crippen LogP contribution in [0.3, 0.4) is 0 Å². The summed E-state index contributed by atoms with van der Waals surface area (Å²) in [6, 6.07) is 14.7. The summed E-state index contributed by atoms with van der Waals surface area (Å²) in [7, 11) is 1.60. The molecular weight excluding hydrogens is 264 g/mol. The molecule has 21 heavy (non-hydrogen) atoms. The number of hydrogen-bond donors (Lipinski definition) is 1. The molecule has 1 aliphatic carbocycles. The molecule has 0 heterocycles. The molecule has 0 saturated carbocycles. The van der Waals surface area contributed by atoms with Crippen molar-refractivity contribution in [1.82, 2.24) is 0 Å². The first-order valence-corrected chi connectivity index (χ1v) is 6.68. The van der Waals surface area contributed by atoms with Gasteiger partial charge in [-0.1, -0.05) is 30.3 Å². The Morgan fingerprint density at radius 2 is 1.71 bits per heavy atom. The van der Waals surface area contributed by atoms with Crippen LogP contribution in [-0.4, -0.2) is 18.0 Å². The second kappa shape index (κ2) is 4.09. The Hall–Kier alpha value is -2.81. The summed E-state index contributed by atoms with van der Waals surface area (Å²) >= 11 is 0. The fraction of sp³-hybridized carbons (Fsp3) is 0.0556. The highest BCUT2D eigenvalue weighted by Crippen LogP contribution is 2.45. The van der Waals surface area contributed by atoms with Gasteiger partial charge in [0.1, 0.15) is 11.5 Å². The second-order valence-corrected chi connectivity index (χ2v) is 5.11. The SMILES string of the molecule is COc1ccc2c3c(c(O)cc2c1)C(=O)c1ccccc1-3. The van der Waals surface area contributed by atoms with E-state index in [0.29, 0.717) is 11.1 Å². The van der Waals surface area contributed by atoms with Gasteiger partial charge in [0, 0.05) is 11.1 Å². The molecule has 0 saturated heterocycles. The lowest BCUT2D eigenvalue weighted by atomic mass is 9.97. The number of aromatic hydroxyl groups is 1. The van der Waals surface area contributed by atoms with E-state index in [4.69, 9.17) is 4.74 Å². The van der Waals surface area contributed by atoms with Crippen molar-refractivity contribution in [2.45, 2.75) is 0 Å². The molecule has 102 valence electrons. The average Bonchev–Trinajstić information content (AvgIpc) is 2.81. The van der Waals surface area contributed by atoms with Crippen molar-refractivity contribution in [3.05, 3.63) is 59.7 Å². The molecule has 0 aromatic heterocycles. The van der Waals surface area contributed by atoms with Crippen molar-refractivity contribution < 1.29 is 14.6 Å². The lowest BCUT2D eigenvalue weighted by Crippen LogP contribution is -1.95. The molecule has 0 fully saturated rings. The van der Waals surface area contributed by atoms with Crippen molar-refractivity contribution >= 4 is 16.6 Å². The van der Waals surface area contributed by atoms with Crippen LogP contribution in [-0.2, 0) is 0 Å². The number of hydrogen-bond acceptors (Lipinski definition) is 3. The third-order valence-electron chi connectivity index (χ3n) is 3.99. The highest BCUT2D eigenvalue weighted by atomic mass is 16.5. The smallest absolute Gasteiger partial charge is 0.198 e. The third kappa shape index (κ3) is 1.51. The number of benzene rings is 3. The van der Waals surface area contributed by atoms with Gasteiger partial charge in [0.05, 0.1) is 12.7 Å². The first kappa shape index (κ1) is 12.0. The molecule has 3 heteroatoms.